The van der Waals surface area contributed by atoms with E-state index in [-0.39, 0.29) is 5.82 Å². The number of rotatable bonds is 5. The molecular formula is C17H18N2O4. The zero-order chi connectivity index (χ0) is 16.8. The van der Waals surface area contributed by atoms with Crippen molar-refractivity contribution in [3.05, 3.63) is 53.3 Å². The average molecular weight is 314 g/mol. The fourth-order valence-electron chi connectivity index (χ4n) is 1.85. The van der Waals surface area contributed by atoms with Gasteiger partial charge in [0, 0.05) is 12.1 Å². The molecule has 0 aliphatic heterocycles. The number of aromatic nitrogens is 1. The summed E-state index contributed by atoms with van der Waals surface area (Å²) in [5, 5.41) is 6.15. The number of benzene rings is 1. The van der Waals surface area contributed by atoms with Gasteiger partial charge in [0.1, 0.15) is 5.76 Å². The summed E-state index contributed by atoms with van der Waals surface area (Å²) in [6, 6.07) is 9.21. The second-order valence-electron chi connectivity index (χ2n) is 5.08. The van der Waals surface area contributed by atoms with E-state index in [4.69, 9.17) is 9.26 Å². The Labute approximate surface area is 134 Å². The molecule has 0 aliphatic carbocycles. The summed E-state index contributed by atoms with van der Waals surface area (Å²) in [7, 11) is 0. The Morgan fingerprint density at radius 1 is 1.30 bits per heavy atom. The first-order valence-corrected chi connectivity index (χ1v) is 7.14. The van der Waals surface area contributed by atoms with Gasteiger partial charge in [-0.05, 0) is 38.0 Å². The van der Waals surface area contributed by atoms with Crippen molar-refractivity contribution in [1.29, 1.82) is 0 Å². The molecule has 1 atom stereocenters. The predicted octanol–water partition coefficient (Wildman–Crippen LogP) is 2.88. The third-order valence-electron chi connectivity index (χ3n) is 3.13. The summed E-state index contributed by atoms with van der Waals surface area (Å²) in [5.74, 6) is -0.208. The van der Waals surface area contributed by atoms with Gasteiger partial charge < -0.3 is 14.6 Å². The van der Waals surface area contributed by atoms with E-state index in [0.717, 1.165) is 11.1 Å². The molecule has 1 N–H and O–H groups in total. The number of nitrogens with zero attached hydrogens (tertiary/aromatic N) is 1. The Bertz CT molecular complexity index is 734. The van der Waals surface area contributed by atoms with Gasteiger partial charge in [-0.25, -0.2) is 4.79 Å². The fourth-order valence-corrected chi connectivity index (χ4v) is 1.85. The first kappa shape index (κ1) is 16.5. The van der Waals surface area contributed by atoms with Crippen LogP contribution in [-0.2, 0) is 14.3 Å². The molecule has 6 nitrogen and oxygen atoms in total. The Morgan fingerprint density at radius 3 is 2.70 bits per heavy atom. The van der Waals surface area contributed by atoms with Crippen LogP contribution in [0.25, 0.3) is 6.08 Å². The van der Waals surface area contributed by atoms with Crippen molar-refractivity contribution in [1.82, 2.24) is 5.16 Å². The van der Waals surface area contributed by atoms with Crippen LogP contribution in [0.3, 0.4) is 0 Å². The van der Waals surface area contributed by atoms with Crippen LogP contribution in [0.4, 0.5) is 5.82 Å². The van der Waals surface area contributed by atoms with E-state index >= 15 is 0 Å². The summed E-state index contributed by atoms with van der Waals surface area (Å²) in [6.07, 6.45) is 2.01. The summed E-state index contributed by atoms with van der Waals surface area (Å²) in [6.45, 7) is 5.14. The molecule has 0 saturated carbocycles. The molecule has 1 aromatic heterocycles. The van der Waals surface area contributed by atoms with Crippen molar-refractivity contribution in [2.75, 3.05) is 5.32 Å². The minimum atomic E-state index is -0.943. The molecule has 0 radical (unpaired) electrons. The van der Waals surface area contributed by atoms with Crippen LogP contribution in [0.5, 0.6) is 0 Å². The van der Waals surface area contributed by atoms with Crippen molar-refractivity contribution in [2.45, 2.75) is 26.9 Å². The smallest absolute Gasteiger partial charge is 0.331 e. The van der Waals surface area contributed by atoms with Gasteiger partial charge in [0.25, 0.3) is 5.91 Å². The molecule has 0 fully saturated rings. The molecule has 23 heavy (non-hydrogen) atoms. The van der Waals surface area contributed by atoms with E-state index in [1.54, 1.807) is 19.1 Å². The van der Waals surface area contributed by atoms with Gasteiger partial charge in [0.05, 0.1) is 0 Å². The standard InChI is InChI=1S/C17H18N2O4/c1-11-6-4-5-7-14(11)8-9-16(20)22-13(3)17(21)18-15-10-12(2)23-19-15/h4-10,13H,1-3H3,(H,18,19,21)/b9-8+/t13-/m0/s1. The molecule has 0 aliphatic rings. The first-order valence-electron chi connectivity index (χ1n) is 7.14. The third-order valence-corrected chi connectivity index (χ3v) is 3.13. The maximum Gasteiger partial charge on any atom is 0.331 e. The maximum atomic E-state index is 11.9. The topological polar surface area (TPSA) is 81.4 Å². The predicted molar refractivity (Wildman–Crippen MR) is 85.6 cm³/mol. The number of amides is 1. The van der Waals surface area contributed by atoms with Gasteiger partial charge in [0.15, 0.2) is 11.9 Å². The number of hydrogen-bond acceptors (Lipinski definition) is 5. The van der Waals surface area contributed by atoms with Crippen molar-refractivity contribution in [2.24, 2.45) is 0 Å². The lowest BCUT2D eigenvalue weighted by Crippen LogP contribution is -2.29. The van der Waals surface area contributed by atoms with Crippen LogP contribution in [0.1, 0.15) is 23.8 Å². The van der Waals surface area contributed by atoms with Crippen LogP contribution in [0, 0.1) is 13.8 Å². The van der Waals surface area contributed by atoms with Crippen LogP contribution in [-0.4, -0.2) is 23.1 Å². The van der Waals surface area contributed by atoms with E-state index in [1.165, 1.54) is 13.0 Å². The van der Waals surface area contributed by atoms with Crippen LogP contribution in [0.2, 0.25) is 0 Å². The molecule has 0 unspecified atom stereocenters. The lowest BCUT2D eigenvalue weighted by atomic mass is 10.1. The van der Waals surface area contributed by atoms with E-state index < -0.39 is 18.0 Å². The molecule has 1 amide bonds. The number of esters is 1. The van der Waals surface area contributed by atoms with Crippen molar-refractivity contribution < 1.29 is 18.8 Å². The third kappa shape index (κ3) is 4.81. The normalized spacial score (nSPS) is 12.1. The summed E-state index contributed by atoms with van der Waals surface area (Å²) in [4.78, 5) is 23.7. The van der Waals surface area contributed by atoms with Gasteiger partial charge in [-0.3, -0.25) is 4.79 Å². The minimum absolute atomic E-state index is 0.283. The van der Waals surface area contributed by atoms with E-state index in [9.17, 15) is 9.59 Å². The van der Waals surface area contributed by atoms with E-state index in [1.807, 2.05) is 31.2 Å². The molecule has 0 spiro atoms. The van der Waals surface area contributed by atoms with Gasteiger partial charge in [0.2, 0.25) is 0 Å². The SMILES string of the molecule is Cc1cc(NC(=O)[C@H](C)OC(=O)/C=C/c2ccccc2C)no1. The van der Waals surface area contributed by atoms with E-state index in [2.05, 4.69) is 10.5 Å². The van der Waals surface area contributed by atoms with Crippen molar-refractivity contribution in [3.63, 3.8) is 0 Å². The number of hydrogen-bond donors (Lipinski definition) is 1. The van der Waals surface area contributed by atoms with E-state index in [0.29, 0.717) is 5.76 Å². The van der Waals surface area contributed by atoms with Crippen LogP contribution < -0.4 is 5.32 Å². The molecule has 0 bridgehead atoms. The highest BCUT2D eigenvalue weighted by Gasteiger charge is 2.17. The Kier molecular flexibility index (Phi) is 5.30. The molecule has 0 saturated heterocycles. The lowest BCUT2D eigenvalue weighted by molar-refractivity contribution is -0.148. The highest BCUT2D eigenvalue weighted by Crippen LogP contribution is 2.10. The van der Waals surface area contributed by atoms with Crippen LogP contribution >= 0.6 is 0 Å². The number of carbonyl (C=O) groups excluding carboxylic acids is 2. The zero-order valence-corrected chi connectivity index (χ0v) is 13.2. The zero-order valence-electron chi connectivity index (χ0n) is 13.2. The molecule has 2 aromatic rings. The largest absolute Gasteiger partial charge is 0.449 e. The van der Waals surface area contributed by atoms with Crippen LogP contribution in [0.15, 0.2) is 40.9 Å². The number of carbonyl (C=O) groups is 2. The molecule has 6 heteroatoms. The van der Waals surface area contributed by atoms with Gasteiger partial charge in [-0.15, -0.1) is 0 Å². The Balaban J connectivity index is 1.89. The molecule has 1 aromatic carbocycles. The quantitative estimate of drug-likeness (QED) is 0.678. The maximum absolute atomic E-state index is 11.9. The van der Waals surface area contributed by atoms with Gasteiger partial charge in [-0.2, -0.15) is 0 Å². The summed E-state index contributed by atoms with van der Waals surface area (Å²) in [5.41, 5.74) is 1.96. The highest BCUT2D eigenvalue weighted by atomic mass is 16.5. The monoisotopic (exact) mass is 314 g/mol. The fraction of sp³-hybridized carbons (Fsp3) is 0.235. The van der Waals surface area contributed by atoms with Crippen molar-refractivity contribution in [3.8, 4) is 0 Å². The number of nitrogens with one attached hydrogen (secondary N) is 1. The molecule has 120 valence electrons. The first-order chi connectivity index (χ1) is 11.0. The molecule has 1 heterocycles. The Hall–Kier alpha value is -2.89. The molecular weight excluding hydrogens is 296 g/mol. The summed E-state index contributed by atoms with van der Waals surface area (Å²) < 4.78 is 9.90. The Morgan fingerprint density at radius 2 is 2.04 bits per heavy atom. The minimum Gasteiger partial charge on any atom is -0.449 e. The van der Waals surface area contributed by atoms with Gasteiger partial charge >= 0.3 is 5.97 Å². The van der Waals surface area contributed by atoms with Gasteiger partial charge in [-0.1, -0.05) is 29.4 Å². The van der Waals surface area contributed by atoms with Crippen molar-refractivity contribution >= 4 is 23.8 Å². The number of aryl methyl sites for hydroxylation is 2. The average Bonchev–Trinajstić information content (AvgIpc) is 2.91. The summed E-state index contributed by atoms with van der Waals surface area (Å²) >= 11 is 0. The highest BCUT2D eigenvalue weighted by molar-refractivity contribution is 5.96. The number of ether oxygens (including phenoxy) is 1. The number of anilines is 1. The lowest BCUT2D eigenvalue weighted by Gasteiger charge is -2.10. The molecule has 2 rings (SSSR count). The second-order valence-corrected chi connectivity index (χ2v) is 5.08. The second kappa shape index (κ2) is 7.40.